The van der Waals surface area contributed by atoms with Crippen molar-refractivity contribution in [3.8, 4) is 5.75 Å². The maximum atomic E-state index is 10.2. The first kappa shape index (κ1) is 16.8. The number of hydrogen-bond acceptors (Lipinski definition) is 2. The fourth-order valence-electron chi connectivity index (χ4n) is 3.09. The first-order valence-corrected chi connectivity index (χ1v) is 8.23. The standard InChI is InChI=1S/C20H28O2/c1-16(14-17-9-6-12-19(15-17)22-3)8-4-5-10-18-11-7-13-20(18,2)21/h4,6,8-9,11-12,15-16,21H,5,7,10,13-14H2,1-3H3/b8-4+. The van der Waals surface area contributed by atoms with Gasteiger partial charge in [-0.25, -0.2) is 0 Å². The molecule has 2 heteroatoms. The zero-order chi connectivity index (χ0) is 16.0. The van der Waals surface area contributed by atoms with Crippen molar-refractivity contribution in [2.75, 3.05) is 7.11 Å². The molecule has 0 radical (unpaired) electrons. The number of hydrogen-bond donors (Lipinski definition) is 1. The zero-order valence-electron chi connectivity index (χ0n) is 14.0. The fourth-order valence-corrected chi connectivity index (χ4v) is 3.09. The maximum absolute atomic E-state index is 10.2. The average molecular weight is 300 g/mol. The van der Waals surface area contributed by atoms with Crippen LogP contribution in [0.4, 0.5) is 0 Å². The van der Waals surface area contributed by atoms with Crippen molar-refractivity contribution in [3.05, 3.63) is 53.6 Å². The summed E-state index contributed by atoms with van der Waals surface area (Å²) < 4.78 is 5.26. The van der Waals surface area contributed by atoms with E-state index in [1.165, 1.54) is 11.1 Å². The van der Waals surface area contributed by atoms with Crippen LogP contribution in [0.2, 0.25) is 0 Å². The van der Waals surface area contributed by atoms with Gasteiger partial charge in [-0.3, -0.25) is 0 Å². The van der Waals surface area contributed by atoms with Crippen molar-refractivity contribution >= 4 is 0 Å². The van der Waals surface area contributed by atoms with Crippen LogP contribution in [0.1, 0.15) is 45.1 Å². The monoisotopic (exact) mass is 300 g/mol. The first-order chi connectivity index (χ1) is 10.5. The van der Waals surface area contributed by atoms with Crippen LogP contribution in [0.3, 0.4) is 0 Å². The molecule has 1 N–H and O–H groups in total. The van der Waals surface area contributed by atoms with Crippen molar-refractivity contribution in [1.29, 1.82) is 0 Å². The molecule has 2 unspecified atom stereocenters. The predicted octanol–water partition coefficient (Wildman–Crippen LogP) is 4.68. The highest BCUT2D eigenvalue weighted by atomic mass is 16.5. The third-order valence-corrected chi connectivity index (χ3v) is 4.45. The summed E-state index contributed by atoms with van der Waals surface area (Å²) >= 11 is 0. The Morgan fingerprint density at radius 2 is 2.23 bits per heavy atom. The molecular weight excluding hydrogens is 272 g/mol. The second-order valence-corrected chi connectivity index (χ2v) is 6.54. The molecule has 0 spiro atoms. The van der Waals surface area contributed by atoms with E-state index in [1.807, 2.05) is 19.1 Å². The van der Waals surface area contributed by atoms with Gasteiger partial charge in [0.05, 0.1) is 12.7 Å². The Balaban J connectivity index is 1.78. The molecule has 0 aliphatic heterocycles. The van der Waals surface area contributed by atoms with Crippen LogP contribution in [0.5, 0.6) is 5.75 Å². The Bertz CT molecular complexity index is 540. The van der Waals surface area contributed by atoms with Crippen LogP contribution < -0.4 is 4.74 Å². The Hall–Kier alpha value is -1.54. The Kier molecular flexibility index (Phi) is 5.84. The summed E-state index contributed by atoms with van der Waals surface area (Å²) in [6, 6.07) is 8.27. The highest BCUT2D eigenvalue weighted by Gasteiger charge is 2.28. The van der Waals surface area contributed by atoms with E-state index in [9.17, 15) is 5.11 Å². The van der Waals surface area contributed by atoms with Gasteiger partial charge in [0.2, 0.25) is 0 Å². The van der Waals surface area contributed by atoms with Gasteiger partial charge in [-0.1, -0.05) is 37.3 Å². The molecule has 0 saturated carbocycles. The lowest BCUT2D eigenvalue weighted by molar-refractivity contribution is 0.0965. The lowest BCUT2D eigenvalue weighted by Gasteiger charge is -2.20. The van der Waals surface area contributed by atoms with E-state index in [0.29, 0.717) is 5.92 Å². The molecule has 1 aromatic carbocycles. The van der Waals surface area contributed by atoms with E-state index in [1.54, 1.807) is 7.11 Å². The molecule has 22 heavy (non-hydrogen) atoms. The molecule has 0 heterocycles. The zero-order valence-corrected chi connectivity index (χ0v) is 14.0. The van der Waals surface area contributed by atoms with E-state index in [2.05, 4.69) is 37.3 Å². The normalized spacial score (nSPS) is 22.8. The van der Waals surface area contributed by atoms with Crippen molar-refractivity contribution < 1.29 is 9.84 Å². The molecule has 1 aliphatic carbocycles. The Morgan fingerprint density at radius 1 is 1.41 bits per heavy atom. The Morgan fingerprint density at radius 3 is 2.91 bits per heavy atom. The summed E-state index contributed by atoms with van der Waals surface area (Å²) in [5, 5.41) is 10.2. The summed E-state index contributed by atoms with van der Waals surface area (Å²) in [6.45, 7) is 4.17. The third kappa shape index (κ3) is 4.74. The van der Waals surface area contributed by atoms with Crippen LogP contribution in [-0.4, -0.2) is 17.8 Å². The fraction of sp³-hybridized carbons (Fsp3) is 0.500. The molecule has 120 valence electrons. The molecule has 0 saturated heterocycles. The van der Waals surface area contributed by atoms with Crippen molar-refractivity contribution in [2.24, 2.45) is 5.92 Å². The van der Waals surface area contributed by atoms with Gasteiger partial charge in [-0.15, -0.1) is 0 Å². The molecule has 2 rings (SSSR count). The minimum Gasteiger partial charge on any atom is -0.497 e. The predicted molar refractivity (Wildman–Crippen MR) is 92.2 cm³/mol. The summed E-state index contributed by atoms with van der Waals surface area (Å²) in [4.78, 5) is 0. The number of rotatable bonds is 7. The second-order valence-electron chi connectivity index (χ2n) is 6.54. The van der Waals surface area contributed by atoms with Gasteiger partial charge < -0.3 is 9.84 Å². The van der Waals surface area contributed by atoms with Gasteiger partial charge >= 0.3 is 0 Å². The second kappa shape index (κ2) is 7.64. The number of benzene rings is 1. The molecule has 0 aromatic heterocycles. The molecule has 2 nitrogen and oxygen atoms in total. The van der Waals surface area contributed by atoms with Crippen LogP contribution in [-0.2, 0) is 6.42 Å². The Labute approximate surface area is 134 Å². The van der Waals surface area contributed by atoms with E-state index in [0.717, 1.165) is 37.9 Å². The maximum Gasteiger partial charge on any atom is 0.119 e. The molecule has 0 fully saturated rings. The van der Waals surface area contributed by atoms with E-state index in [4.69, 9.17) is 4.74 Å². The minimum absolute atomic E-state index is 0.505. The molecule has 0 amide bonds. The highest BCUT2D eigenvalue weighted by Crippen LogP contribution is 2.32. The number of allylic oxidation sites excluding steroid dienone is 3. The quantitative estimate of drug-likeness (QED) is 0.741. The van der Waals surface area contributed by atoms with Gasteiger partial charge in [-0.05, 0) is 68.2 Å². The van der Waals surface area contributed by atoms with Crippen LogP contribution >= 0.6 is 0 Å². The molecule has 1 aromatic rings. The summed E-state index contributed by atoms with van der Waals surface area (Å²) in [5.74, 6) is 1.43. The molecule has 1 aliphatic rings. The third-order valence-electron chi connectivity index (χ3n) is 4.45. The summed E-state index contributed by atoms with van der Waals surface area (Å²) in [5.41, 5.74) is 1.94. The largest absolute Gasteiger partial charge is 0.497 e. The molecule has 2 atom stereocenters. The van der Waals surface area contributed by atoms with Crippen molar-refractivity contribution in [2.45, 2.75) is 51.6 Å². The van der Waals surface area contributed by atoms with Gasteiger partial charge in [-0.2, -0.15) is 0 Å². The lowest BCUT2D eigenvalue weighted by atomic mass is 9.94. The van der Waals surface area contributed by atoms with Gasteiger partial charge in [0.25, 0.3) is 0 Å². The van der Waals surface area contributed by atoms with Gasteiger partial charge in [0.15, 0.2) is 0 Å². The van der Waals surface area contributed by atoms with Crippen LogP contribution in [0, 0.1) is 5.92 Å². The first-order valence-electron chi connectivity index (χ1n) is 8.23. The van der Waals surface area contributed by atoms with Crippen molar-refractivity contribution in [1.82, 2.24) is 0 Å². The smallest absolute Gasteiger partial charge is 0.119 e. The highest BCUT2D eigenvalue weighted by molar-refractivity contribution is 5.29. The van der Waals surface area contributed by atoms with E-state index in [-0.39, 0.29) is 0 Å². The van der Waals surface area contributed by atoms with Gasteiger partial charge in [0.1, 0.15) is 5.75 Å². The lowest BCUT2D eigenvalue weighted by Crippen LogP contribution is -2.22. The topological polar surface area (TPSA) is 29.5 Å². The van der Waals surface area contributed by atoms with E-state index < -0.39 is 5.60 Å². The summed E-state index contributed by atoms with van der Waals surface area (Å²) in [7, 11) is 1.70. The number of aliphatic hydroxyl groups is 1. The average Bonchev–Trinajstić information content (AvgIpc) is 2.82. The van der Waals surface area contributed by atoms with Gasteiger partial charge in [0, 0.05) is 0 Å². The minimum atomic E-state index is -0.569. The van der Waals surface area contributed by atoms with Crippen LogP contribution in [0.25, 0.3) is 0 Å². The number of ether oxygens (including phenoxy) is 1. The van der Waals surface area contributed by atoms with Crippen molar-refractivity contribution in [3.63, 3.8) is 0 Å². The van der Waals surface area contributed by atoms with E-state index >= 15 is 0 Å². The van der Waals surface area contributed by atoms with Crippen LogP contribution in [0.15, 0.2) is 48.1 Å². The molecular formula is C20H28O2. The SMILES string of the molecule is COc1cccc(CC(C)/C=C/CCC2=CCCC2(C)O)c1. The molecule has 0 bridgehead atoms. The number of methoxy groups -OCH3 is 1. The summed E-state index contributed by atoms with van der Waals surface area (Å²) in [6.07, 6.45) is 11.6.